The first-order valence-electron chi connectivity index (χ1n) is 9.87. The minimum absolute atomic E-state index is 0.341. The molecule has 0 fully saturated rings. The van der Waals surface area contributed by atoms with Crippen molar-refractivity contribution in [2.24, 2.45) is 0 Å². The summed E-state index contributed by atoms with van der Waals surface area (Å²) >= 11 is 0. The molecule has 1 heteroatoms. The molecule has 0 atom stereocenters. The van der Waals surface area contributed by atoms with E-state index >= 15 is 0 Å². The highest BCUT2D eigenvalue weighted by atomic mass is 14.9. The van der Waals surface area contributed by atoms with Crippen LogP contribution >= 0.6 is 0 Å². The highest BCUT2D eigenvalue weighted by Gasteiger charge is 2.15. The van der Waals surface area contributed by atoms with Gasteiger partial charge in [0, 0.05) is 5.54 Å². The molecule has 0 radical (unpaired) electrons. The molecule has 0 amide bonds. The topological polar surface area (TPSA) is 12.0 Å². The van der Waals surface area contributed by atoms with E-state index in [1.54, 1.807) is 0 Å². The quantitative estimate of drug-likeness (QED) is 0.307. The average Bonchev–Trinajstić information content (AvgIpc) is 2.45. The second kappa shape index (κ2) is 14.9. The number of hydrogen-bond acceptors (Lipinski definition) is 1. The van der Waals surface area contributed by atoms with Crippen LogP contribution in [0, 0.1) is 0 Å². The second-order valence-electron chi connectivity index (χ2n) is 7.45. The van der Waals surface area contributed by atoms with Crippen molar-refractivity contribution >= 4 is 0 Å². The van der Waals surface area contributed by atoms with E-state index in [1.165, 1.54) is 96.4 Å². The van der Waals surface area contributed by atoms with Crippen LogP contribution in [0.5, 0.6) is 0 Å². The molecule has 0 saturated heterocycles. The van der Waals surface area contributed by atoms with E-state index < -0.39 is 0 Å². The van der Waals surface area contributed by atoms with Gasteiger partial charge in [-0.25, -0.2) is 0 Å². The Hall–Kier alpha value is -0.0400. The van der Waals surface area contributed by atoms with Gasteiger partial charge in [0.05, 0.1) is 0 Å². The van der Waals surface area contributed by atoms with Crippen LogP contribution < -0.4 is 5.32 Å². The largest absolute Gasteiger partial charge is 0.312 e. The van der Waals surface area contributed by atoms with Crippen LogP contribution in [-0.2, 0) is 0 Å². The third-order valence-corrected chi connectivity index (χ3v) is 4.54. The fraction of sp³-hybridized carbons (Fsp3) is 1.00. The molecule has 0 bridgehead atoms. The SMILES string of the molecule is CCCCCCCCCCNC(C)(C)CCCCCCC. The van der Waals surface area contributed by atoms with Gasteiger partial charge in [-0.2, -0.15) is 0 Å². The van der Waals surface area contributed by atoms with Crippen molar-refractivity contribution in [2.75, 3.05) is 6.54 Å². The molecule has 0 aliphatic rings. The summed E-state index contributed by atoms with van der Waals surface area (Å²) in [7, 11) is 0. The maximum absolute atomic E-state index is 3.76. The van der Waals surface area contributed by atoms with Crippen LogP contribution in [-0.4, -0.2) is 12.1 Å². The summed E-state index contributed by atoms with van der Waals surface area (Å²) < 4.78 is 0. The number of rotatable bonds is 16. The Labute approximate surface area is 135 Å². The predicted octanol–water partition coefficient (Wildman–Crippen LogP) is 6.86. The molecule has 1 N–H and O–H groups in total. The van der Waals surface area contributed by atoms with Crippen molar-refractivity contribution in [1.82, 2.24) is 5.32 Å². The first-order valence-corrected chi connectivity index (χ1v) is 9.87. The van der Waals surface area contributed by atoms with Gasteiger partial charge < -0.3 is 5.32 Å². The Morgan fingerprint density at radius 3 is 1.52 bits per heavy atom. The van der Waals surface area contributed by atoms with E-state index in [9.17, 15) is 0 Å². The van der Waals surface area contributed by atoms with Crippen molar-refractivity contribution in [3.05, 3.63) is 0 Å². The van der Waals surface area contributed by atoms with Crippen molar-refractivity contribution in [2.45, 2.75) is 123 Å². The smallest absolute Gasteiger partial charge is 0.0125 e. The third kappa shape index (κ3) is 16.2. The van der Waals surface area contributed by atoms with Gasteiger partial charge in [-0.05, 0) is 33.2 Å². The molecule has 128 valence electrons. The molecule has 0 aromatic carbocycles. The molecule has 0 saturated carbocycles. The van der Waals surface area contributed by atoms with Crippen LogP contribution in [0.3, 0.4) is 0 Å². The van der Waals surface area contributed by atoms with Gasteiger partial charge in [0.1, 0.15) is 0 Å². The summed E-state index contributed by atoms with van der Waals surface area (Å²) in [6.07, 6.45) is 19.6. The number of unbranched alkanes of at least 4 members (excludes halogenated alkanes) is 11. The average molecular weight is 298 g/mol. The molecule has 0 rings (SSSR count). The lowest BCUT2D eigenvalue weighted by Crippen LogP contribution is -2.39. The Bertz CT molecular complexity index is 198. The summed E-state index contributed by atoms with van der Waals surface area (Å²) in [6.45, 7) is 10.5. The highest BCUT2D eigenvalue weighted by molar-refractivity contribution is 4.76. The third-order valence-electron chi connectivity index (χ3n) is 4.54. The number of hydrogen-bond donors (Lipinski definition) is 1. The zero-order valence-corrected chi connectivity index (χ0v) is 15.6. The Morgan fingerprint density at radius 2 is 1.00 bits per heavy atom. The molecule has 0 aliphatic heterocycles. The van der Waals surface area contributed by atoms with Crippen LogP contribution in [0.4, 0.5) is 0 Å². The van der Waals surface area contributed by atoms with Gasteiger partial charge >= 0.3 is 0 Å². The maximum Gasteiger partial charge on any atom is 0.0125 e. The Kier molecular flexibility index (Phi) is 14.9. The molecule has 21 heavy (non-hydrogen) atoms. The van der Waals surface area contributed by atoms with E-state index in [0.29, 0.717) is 5.54 Å². The molecule has 0 aromatic rings. The summed E-state index contributed by atoms with van der Waals surface area (Å²) in [5.41, 5.74) is 0.341. The van der Waals surface area contributed by atoms with Gasteiger partial charge in [0.2, 0.25) is 0 Å². The fourth-order valence-electron chi connectivity index (χ4n) is 2.94. The summed E-state index contributed by atoms with van der Waals surface area (Å²) in [5, 5.41) is 3.76. The van der Waals surface area contributed by atoms with E-state index in [-0.39, 0.29) is 0 Å². The van der Waals surface area contributed by atoms with Gasteiger partial charge in [0.15, 0.2) is 0 Å². The first-order chi connectivity index (χ1) is 10.1. The summed E-state index contributed by atoms with van der Waals surface area (Å²) in [4.78, 5) is 0. The molecule has 0 heterocycles. The molecule has 1 nitrogen and oxygen atoms in total. The molecular formula is C20H43N. The van der Waals surface area contributed by atoms with Gasteiger partial charge in [-0.3, -0.25) is 0 Å². The number of nitrogens with one attached hydrogen (secondary N) is 1. The Morgan fingerprint density at radius 1 is 0.571 bits per heavy atom. The van der Waals surface area contributed by atoms with E-state index in [2.05, 4.69) is 33.0 Å². The zero-order chi connectivity index (χ0) is 15.8. The molecule has 0 spiro atoms. The van der Waals surface area contributed by atoms with Crippen LogP contribution in [0.2, 0.25) is 0 Å². The van der Waals surface area contributed by atoms with Crippen LogP contribution in [0.25, 0.3) is 0 Å². The van der Waals surface area contributed by atoms with Gasteiger partial charge in [0.25, 0.3) is 0 Å². The van der Waals surface area contributed by atoms with Gasteiger partial charge in [-0.1, -0.05) is 90.9 Å². The van der Waals surface area contributed by atoms with Crippen molar-refractivity contribution in [1.29, 1.82) is 0 Å². The molecule has 0 unspecified atom stereocenters. The lowest BCUT2D eigenvalue weighted by Gasteiger charge is -2.26. The van der Waals surface area contributed by atoms with E-state index in [0.717, 1.165) is 0 Å². The van der Waals surface area contributed by atoms with Crippen molar-refractivity contribution in [3.63, 3.8) is 0 Å². The zero-order valence-electron chi connectivity index (χ0n) is 15.6. The lowest BCUT2D eigenvalue weighted by molar-refractivity contribution is 0.343. The van der Waals surface area contributed by atoms with Gasteiger partial charge in [-0.15, -0.1) is 0 Å². The maximum atomic E-state index is 3.76. The predicted molar refractivity (Wildman–Crippen MR) is 98.1 cm³/mol. The Balaban J connectivity index is 3.32. The first kappa shape index (κ1) is 21.0. The molecule has 0 aliphatic carbocycles. The highest BCUT2D eigenvalue weighted by Crippen LogP contribution is 2.15. The minimum atomic E-state index is 0.341. The van der Waals surface area contributed by atoms with Crippen molar-refractivity contribution in [3.8, 4) is 0 Å². The lowest BCUT2D eigenvalue weighted by atomic mass is 9.96. The summed E-state index contributed by atoms with van der Waals surface area (Å²) in [6, 6.07) is 0. The second-order valence-corrected chi connectivity index (χ2v) is 7.45. The molecular weight excluding hydrogens is 254 g/mol. The molecule has 0 aromatic heterocycles. The van der Waals surface area contributed by atoms with Crippen LogP contribution in [0.1, 0.15) is 118 Å². The normalized spacial score (nSPS) is 12.0. The standard InChI is InChI=1S/C20H43N/c1-5-7-9-11-12-13-15-17-19-21-20(3,4)18-16-14-10-8-6-2/h21H,5-19H2,1-4H3. The fourth-order valence-corrected chi connectivity index (χ4v) is 2.94. The minimum Gasteiger partial charge on any atom is -0.312 e. The monoisotopic (exact) mass is 297 g/mol. The summed E-state index contributed by atoms with van der Waals surface area (Å²) in [5.74, 6) is 0. The van der Waals surface area contributed by atoms with Crippen LogP contribution in [0.15, 0.2) is 0 Å². The van der Waals surface area contributed by atoms with E-state index in [4.69, 9.17) is 0 Å². The van der Waals surface area contributed by atoms with Crippen molar-refractivity contribution < 1.29 is 0 Å². The van der Waals surface area contributed by atoms with E-state index in [1.807, 2.05) is 0 Å².